The van der Waals surface area contributed by atoms with Gasteiger partial charge in [-0.1, -0.05) is 25.3 Å². The molecule has 1 aromatic rings. The van der Waals surface area contributed by atoms with Gasteiger partial charge in [0.2, 0.25) is 0 Å². The molecule has 0 heterocycles. The number of rotatable bonds is 6. The van der Waals surface area contributed by atoms with Crippen LogP contribution in [0.1, 0.15) is 62.2 Å². The van der Waals surface area contributed by atoms with Crippen molar-refractivity contribution in [1.29, 1.82) is 0 Å². The first-order valence-electron chi connectivity index (χ1n) is 7.92. The minimum absolute atomic E-state index is 0.339. The summed E-state index contributed by atoms with van der Waals surface area (Å²) < 4.78 is 13.7. The van der Waals surface area contributed by atoms with Crippen molar-refractivity contribution in [3.8, 4) is 0 Å². The zero-order chi connectivity index (χ0) is 15.3. The molecule has 1 aliphatic rings. The molecular formula is C17H26FNO2. The molecule has 3 nitrogen and oxygen atoms in total. The summed E-state index contributed by atoms with van der Waals surface area (Å²) in [5, 5.41) is 20.4. The molecule has 1 atom stereocenters. The predicted octanol–water partition coefficient (Wildman–Crippen LogP) is 2.84. The largest absolute Gasteiger partial charge is 0.390 e. The predicted molar refractivity (Wildman–Crippen MR) is 81.4 cm³/mol. The van der Waals surface area contributed by atoms with Crippen molar-refractivity contribution in [2.24, 2.45) is 5.73 Å². The molecule has 21 heavy (non-hydrogen) atoms. The zero-order valence-corrected chi connectivity index (χ0v) is 12.5. The number of hydrogen-bond donors (Lipinski definition) is 3. The van der Waals surface area contributed by atoms with E-state index in [9.17, 15) is 14.6 Å². The highest BCUT2D eigenvalue weighted by Gasteiger charge is 2.28. The molecule has 1 aromatic carbocycles. The molecule has 0 saturated heterocycles. The van der Waals surface area contributed by atoms with Crippen LogP contribution in [-0.4, -0.2) is 22.4 Å². The lowest BCUT2D eigenvalue weighted by Gasteiger charge is -2.32. The molecule has 1 saturated carbocycles. The van der Waals surface area contributed by atoms with E-state index < -0.39 is 11.7 Å². The fourth-order valence-electron chi connectivity index (χ4n) is 3.17. The van der Waals surface area contributed by atoms with Crippen LogP contribution >= 0.6 is 0 Å². The third-order valence-electron chi connectivity index (χ3n) is 4.47. The Morgan fingerprint density at radius 1 is 1.19 bits per heavy atom. The first-order valence-corrected chi connectivity index (χ1v) is 7.92. The second-order valence-electron chi connectivity index (χ2n) is 6.27. The van der Waals surface area contributed by atoms with E-state index in [1.807, 2.05) is 6.07 Å². The summed E-state index contributed by atoms with van der Waals surface area (Å²) in [6, 6.07) is 4.68. The summed E-state index contributed by atoms with van der Waals surface area (Å²) in [6.07, 6.45) is 6.00. The molecular weight excluding hydrogens is 269 g/mol. The molecule has 0 amide bonds. The van der Waals surface area contributed by atoms with Gasteiger partial charge in [-0.2, -0.15) is 0 Å². The molecule has 0 aliphatic heterocycles. The number of halogens is 1. The Balaban J connectivity index is 2.02. The summed E-state index contributed by atoms with van der Waals surface area (Å²) in [6.45, 7) is 0.368. The molecule has 0 spiro atoms. The van der Waals surface area contributed by atoms with Gasteiger partial charge in [0.15, 0.2) is 0 Å². The summed E-state index contributed by atoms with van der Waals surface area (Å²) in [4.78, 5) is 0. The Bertz CT molecular complexity index is 458. The van der Waals surface area contributed by atoms with Gasteiger partial charge in [0.25, 0.3) is 0 Å². The fourth-order valence-corrected chi connectivity index (χ4v) is 3.17. The van der Waals surface area contributed by atoms with Gasteiger partial charge in [-0.15, -0.1) is 0 Å². The van der Waals surface area contributed by atoms with E-state index >= 15 is 0 Å². The SMILES string of the molecule is NCCC(O)c1cc(F)cc(CCC2(O)CCCCC2)c1. The van der Waals surface area contributed by atoms with Crippen LogP contribution in [0.25, 0.3) is 0 Å². The highest BCUT2D eigenvalue weighted by Crippen LogP contribution is 2.32. The van der Waals surface area contributed by atoms with Crippen molar-refractivity contribution in [1.82, 2.24) is 0 Å². The van der Waals surface area contributed by atoms with E-state index in [1.165, 1.54) is 18.6 Å². The minimum Gasteiger partial charge on any atom is -0.390 e. The molecule has 118 valence electrons. The van der Waals surface area contributed by atoms with E-state index in [2.05, 4.69) is 0 Å². The van der Waals surface area contributed by atoms with Crippen molar-refractivity contribution in [2.75, 3.05) is 6.54 Å². The van der Waals surface area contributed by atoms with Crippen molar-refractivity contribution in [2.45, 2.75) is 63.1 Å². The van der Waals surface area contributed by atoms with Gasteiger partial charge < -0.3 is 15.9 Å². The average molecular weight is 295 g/mol. The highest BCUT2D eigenvalue weighted by atomic mass is 19.1. The van der Waals surface area contributed by atoms with Gasteiger partial charge in [-0.3, -0.25) is 0 Å². The zero-order valence-electron chi connectivity index (χ0n) is 12.5. The normalized spacial score (nSPS) is 19.4. The van der Waals surface area contributed by atoms with Gasteiger partial charge in [0.1, 0.15) is 5.82 Å². The van der Waals surface area contributed by atoms with Crippen LogP contribution in [0.3, 0.4) is 0 Å². The van der Waals surface area contributed by atoms with Crippen molar-refractivity contribution in [3.63, 3.8) is 0 Å². The molecule has 4 heteroatoms. The maximum absolute atomic E-state index is 13.7. The summed E-state index contributed by atoms with van der Waals surface area (Å²) in [7, 11) is 0. The van der Waals surface area contributed by atoms with Gasteiger partial charge in [0.05, 0.1) is 11.7 Å². The van der Waals surface area contributed by atoms with Gasteiger partial charge in [0, 0.05) is 0 Å². The lowest BCUT2D eigenvalue weighted by atomic mass is 9.81. The monoisotopic (exact) mass is 295 g/mol. The van der Waals surface area contributed by atoms with E-state index in [0.29, 0.717) is 31.4 Å². The molecule has 0 aromatic heterocycles. The fraction of sp³-hybridized carbons (Fsp3) is 0.647. The number of aliphatic hydroxyl groups is 2. The van der Waals surface area contributed by atoms with Crippen LogP contribution in [-0.2, 0) is 6.42 Å². The molecule has 0 bridgehead atoms. The highest BCUT2D eigenvalue weighted by molar-refractivity contribution is 5.26. The van der Waals surface area contributed by atoms with Crippen molar-refractivity contribution in [3.05, 3.63) is 35.1 Å². The number of hydrogen-bond acceptors (Lipinski definition) is 3. The Kier molecular flexibility index (Phi) is 5.73. The van der Waals surface area contributed by atoms with E-state index in [-0.39, 0.29) is 5.82 Å². The van der Waals surface area contributed by atoms with Crippen LogP contribution in [0.4, 0.5) is 4.39 Å². The van der Waals surface area contributed by atoms with E-state index in [4.69, 9.17) is 5.73 Å². The lowest BCUT2D eigenvalue weighted by molar-refractivity contribution is -0.00344. The molecule has 0 radical (unpaired) electrons. The third-order valence-corrected chi connectivity index (χ3v) is 4.47. The first-order chi connectivity index (χ1) is 10.0. The summed E-state index contributed by atoms with van der Waals surface area (Å²) >= 11 is 0. The van der Waals surface area contributed by atoms with E-state index in [1.54, 1.807) is 0 Å². The molecule has 1 fully saturated rings. The van der Waals surface area contributed by atoms with Crippen LogP contribution < -0.4 is 5.73 Å². The average Bonchev–Trinajstić information content (AvgIpc) is 2.46. The Labute approximate surface area is 126 Å². The Morgan fingerprint density at radius 3 is 2.57 bits per heavy atom. The second kappa shape index (κ2) is 7.34. The minimum atomic E-state index is -0.720. The lowest BCUT2D eigenvalue weighted by Crippen LogP contribution is -2.31. The third kappa shape index (κ3) is 4.77. The number of benzene rings is 1. The number of aryl methyl sites for hydroxylation is 1. The maximum Gasteiger partial charge on any atom is 0.123 e. The Hall–Kier alpha value is -0.970. The Morgan fingerprint density at radius 2 is 1.90 bits per heavy atom. The van der Waals surface area contributed by atoms with Crippen LogP contribution in [0.15, 0.2) is 18.2 Å². The standard InChI is InChI=1S/C17H26FNO2/c18-15-11-13(10-14(12-15)16(20)5-9-19)4-8-17(21)6-2-1-3-7-17/h10-12,16,20-21H,1-9,19H2. The number of aliphatic hydroxyl groups excluding tert-OH is 1. The maximum atomic E-state index is 13.7. The summed E-state index contributed by atoms with van der Waals surface area (Å²) in [5.41, 5.74) is 6.24. The van der Waals surface area contributed by atoms with Crippen molar-refractivity contribution < 1.29 is 14.6 Å². The summed E-state index contributed by atoms with van der Waals surface area (Å²) in [5.74, 6) is -0.339. The molecule has 1 aliphatic carbocycles. The quantitative estimate of drug-likeness (QED) is 0.756. The smallest absolute Gasteiger partial charge is 0.123 e. The molecule has 2 rings (SSSR count). The first kappa shape index (κ1) is 16.4. The molecule has 1 unspecified atom stereocenters. The van der Waals surface area contributed by atoms with E-state index in [0.717, 1.165) is 31.2 Å². The topological polar surface area (TPSA) is 66.5 Å². The second-order valence-corrected chi connectivity index (χ2v) is 6.27. The molecule has 4 N–H and O–H groups in total. The van der Waals surface area contributed by atoms with Gasteiger partial charge >= 0.3 is 0 Å². The van der Waals surface area contributed by atoms with Crippen molar-refractivity contribution >= 4 is 0 Å². The van der Waals surface area contributed by atoms with Gasteiger partial charge in [-0.25, -0.2) is 4.39 Å². The van der Waals surface area contributed by atoms with Crippen LogP contribution in [0.5, 0.6) is 0 Å². The number of nitrogens with two attached hydrogens (primary N) is 1. The van der Waals surface area contributed by atoms with Crippen LogP contribution in [0.2, 0.25) is 0 Å². The van der Waals surface area contributed by atoms with Crippen LogP contribution in [0, 0.1) is 5.82 Å². The van der Waals surface area contributed by atoms with Gasteiger partial charge in [-0.05, 0) is 61.9 Å².